The van der Waals surface area contributed by atoms with E-state index in [4.69, 9.17) is 4.74 Å². The quantitative estimate of drug-likeness (QED) is 0.445. The van der Waals surface area contributed by atoms with Crippen LogP contribution in [0.4, 0.5) is 5.69 Å². The molecule has 9 nitrogen and oxygen atoms in total. The number of aromatic nitrogens is 6. The van der Waals surface area contributed by atoms with Crippen molar-refractivity contribution < 1.29 is 9.53 Å². The highest BCUT2D eigenvalue weighted by atomic mass is 32.2. The highest BCUT2D eigenvalue weighted by molar-refractivity contribution is 7.99. The Bertz CT molecular complexity index is 1300. The highest BCUT2D eigenvalue weighted by Gasteiger charge is 2.16. The topological polar surface area (TPSA) is 102 Å². The van der Waals surface area contributed by atoms with E-state index in [1.807, 2.05) is 28.7 Å². The van der Waals surface area contributed by atoms with Crippen molar-refractivity contribution in [1.29, 1.82) is 0 Å². The second-order valence-electron chi connectivity index (χ2n) is 6.05. The fourth-order valence-electron chi connectivity index (χ4n) is 3.00. The van der Waals surface area contributed by atoms with Crippen LogP contribution >= 0.6 is 11.8 Å². The summed E-state index contributed by atoms with van der Waals surface area (Å²) in [6.45, 7) is 0. The molecule has 0 bridgehead atoms. The summed E-state index contributed by atoms with van der Waals surface area (Å²) >= 11 is 1.30. The lowest BCUT2D eigenvalue weighted by atomic mass is 10.3. The van der Waals surface area contributed by atoms with Crippen LogP contribution in [-0.2, 0) is 4.79 Å². The molecule has 0 unspecified atom stereocenters. The number of anilines is 1. The molecule has 10 heteroatoms. The minimum Gasteiger partial charge on any atom is -0.497 e. The summed E-state index contributed by atoms with van der Waals surface area (Å²) in [6.07, 6.45) is 0. The Morgan fingerprint density at radius 1 is 1.18 bits per heavy atom. The maximum Gasteiger partial charge on any atom is 0.258 e. The molecule has 140 valence electrons. The SMILES string of the molecule is COc1ccc(NC(=O)CSc2nnc3n2[nH]c2nc4ccccc4n23)cc1. The molecule has 0 atom stereocenters. The second-order valence-corrected chi connectivity index (χ2v) is 7.00. The first kappa shape index (κ1) is 16.6. The van der Waals surface area contributed by atoms with Gasteiger partial charge in [-0.3, -0.25) is 9.89 Å². The normalized spacial score (nSPS) is 11.5. The van der Waals surface area contributed by atoms with E-state index in [9.17, 15) is 4.79 Å². The van der Waals surface area contributed by atoms with Crippen LogP contribution in [0.15, 0.2) is 53.7 Å². The van der Waals surface area contributed by atoms with Gasteiger partial charge in [0, 0.05) is 5.69 Å². The summed E-state index contributed by atoms with van der Waals surface area (Å²) in [5.41, 5.74) is 2.54. The Labute approximate surface area is 162 Å². The zero-order valence-electron chi connectivity index (χ0n) is 14.8. The van der Waals surface area contributed by atoms with Gasteiger partial charge < -0.3 is 10.1 Å². The van der Waals surface area contributed by atoms with Crippen LogP contribution < -0.4 is 10.1 Å². The number of rotatable bonds is 5. The van der Waals surface area contributed by atoms with E-state index in [2.05, 4.69) is 25.6 Å². The fourth-order valence-corrected chi connectivity index (χ4v) is 3.69. The van der Waals surface area contributed by atoms with Gasteiger partial charge >= 0.3 is 0 Å². The minimum absolute atomic E-state index is 0.131. The predicted octanol–water partition coefficient (Wildman–Crippen LogP) is 2.60. The van der Waals surface area contributed by atoms with Crippen LogP contribution in [0.5, 0.6) is 5.75 Å². The smallest absolute Gasteiger partial charge is 0.258 e. The van der Waals surface area contributed by atoms with Crippen molar-refractivity contribution in [1.82, 2.24) is 29.2 Å². The molecule has 3 aromatic heterocycles. The minimum atomic E-state index is -0.131. The van der Waals surface area contributed by atoms with Gasteiger partial charge in [0.15, 0.2) is 0 Å². The summed E-state index contributed by atoms with van der Waals surface area (Å²) in [7, 11) is 1.60. The molecule has 5 rings (SSSR count). The molecule has 0 radical (unpaired) electrons. The molecule has 0 saturated carbocycles. The van der Waals surface area contributed by atoms with Crippen LogP contribution in [0.3, 0.4) is 0 Å². The van der Waals surface area contributed by atoms with Crippen molar-refractivity contribution in [2.24, 2.45) is 0 Å². The van der Waals surface area contributed by atoms with Crippen molar-refractivity contribution in [2.75, 3.05) is 18.2 Å². The van der Waals surface area contributed by atoms with Gasteiger partial charge in [0.1, 0.15) is 5.75 Å². The standard InChI is InChI=1S/C18H15N7O2S/c1-27-12-8-6-11(7-9-12)19-15(26)10-28-18-22-21-17-24-14-5-3-2-4-13(14)20-16(24)23-25(17)18/h2-9H,10H2,1H3,(H,19,26)(H,20,23). The summed E-state index contributed by atoms with van der Waals surface area (Å²) in [6, 6.07) is 15.0. The zero-order valence-corrected chi connectivity index (χ0v) is 15.6. The van der Waals surface area contributed by atoms with Gasteiger partial charge in [0.25, 0.3) is 5.78 Å². The first-order chi connectivity index (χ1) is 13.7. The Hall–Kier alpha value is -3.53. The Morgan fingerprint density at radius 2 is 2.00 bits per heavy atom. The summed E-state index contributed by atoms with van der Waals surface area (Å²) < 4.78 is 8.75. The molecule has 2 aromatic carbocycles. The third-order valence-corrected chi connectivity index (χ3v) is 5.22. The van der Waals surface area contributed by atoms with E-state index >= 15 is 0 Å². The number of carbonyl (C=O) groups is 1. The van der Waals surface area contributed by atoms with Gasteiger partial charge in [-0.25, -0.2) is 9.38 Å². The number of fused-ring (bicyclic) bond motifs is 5. The molecule has 28 heavy (non-hydrogen) atoms. The first-order valence-electron chi connectivity index (χ1n) is 8.50. The van der Waals surface area contributed by atoms with Crippen LogP contribution in [0, 0.1) is 0 Å². The lowest BCUT2D eigenvalue weighted by molar-refractivity contribution is -0.113. The Balaban J connectivity index is 1.35. The predicted molar refractivity (Wildman–Crippen MR) is 106 cm³/mol. The van der Waals surface area contributed by atoms with Crippen molar-refractivity contribution in [3.8, 4) is 5.75 Å². The van der Waals surface area contributed by atoms with Gasteiger partial charge in [-0.15, -0.1) is 10.2 Å². The number of carbonyl (C=O) groups excluding carboxylic acids is 1. The number of nitrogens with one attached hydrogen (secondary N) is 2. The molecule has 0 fully saturated rings. The van der Waals surface area contributed by atoms with Crippen molar-refractivity contribution in [3.63, 3.8) is 0 Å². The maximum atomic E-state index is 12.2. The fraction of sp³-hybridized carbons (Fsp3) is 0.111. The number of thioether (sulfide) groups is 1. The summed E-state index contributed by atoms with van der Waals surface area (Å²) in [5, 5.41) is 15.1. The monoisotopic (exact) mass is 393 g/mol. The number of aromatic amines is 1. The third kappa shape index (κ3) is 2.74. The molecule has 0 aliphatic heterocycles. The number of ether oxygens (including phenoxy) is 1. The van der Waals surface area contributed by atoms with Gasteiger partial charge in [0.2, 0.25) is 16.8 Å². The molecule has 5 aromatic rings. The van der Waals surface area contributed by atoms with Crippen molar-refractivity contribution >= 4 is 45.9 Å². The van der Waals surface area contributed by atoms with Crippen LogP contribution in [0.2, 0.25) is 0 Å². The molecule has 1 amide bonds. The lowest BCUT2D eigenvalue weighted by Gasteiger charge is -2.05. The largest absolute Gasteiger partial charge is 0.497 e. The van der Waals surface area contributed by atoms with E-state index < -0.39 is 0 Å². The first-order valence-corrected chi connectivity index (χ1v) is 9.48. The molecular weight excluding hydrogens is 378 g/mol. The molecule has 3 heterocycles. The maximum absolute atomic E-state index is 12.2. The third-order valence-electron chi connectivity index (χ3n) is 4.30. The number of nitrogens with zero attached hydrogens (tertiary/aromatic N) is 5. The average molecular weight is 393 g/mol. The molecular formula is C18H15N7O2S. The second kappa shape index (κ2) is 6.57. The summed E-state index contributed by atoms with van der Waals surface area (Å²) in [5.74, 6) is 2.11. The number of para-hydroxylation sites is 2. The van der Waals surface area contributed by atoms with E-state index in [1.165, 1.54) is 11.8 Å². The van der Waals surface area contributed by atoms with Crippen molar-refractivity contribution in [2.45, 2.75) is 5.16 Å². The summed E-state index contributed by atoms with van der Waals surface area (Å²) in [4.78, 5) is 16.8. The number of amides is 1. The number of hydrogen-bond donors (Lipinski definition) is 2. The number of imidazole rings is 1. The van der Waals surface area contributed by atoms with E-state index in [1.54, 1.807) is 35.9 Å². The number of hydrogen-bond acceptors (Lipinski definition) is 6. The number of H-pyrrole nitrogens is 1. The van der Waals surface area contributed by atoms with Gasteiger partial charge in [-0.05, 0) is 36.4 Å². The van der Waals surface area contributed by atoms with Gasteiger partial charge in [-0.2, -0.15) is 4.52 Å². The lowest BCUT2D eigenvalue weighted by Crippen LogP contribution is -2.14. The molecule has 0 aliphatic carbocycles. The molecule has 0 aliphatic rings. The van der Waals surface area contributed by atoms with E-state index in [0.717, 1.165) is 16.8 Å². The average Bonchev–Trinajstić information content (AvgIpc) is 3.36. The van der Waals surface area contributed by atoms with E-state index in [0.29, 0.717) is 22.4 Å². The highest BCUT2D eigenvalue weighted by Crippen LogP contribution is 2.22. The van der Waals surface area contributed by atoms with E-state index in [-0.39, 0.29) is 11.7 Å². The number of methoxy groups -OCH3 is 1. The van der Waals surface area contributed by atoms with Crippen LogP contribution in [0.25, 0.3) is 22.6 Å². The Kier molecular flexibility index (Phi) is 3.90. The van der Waals surface area contributed by atoms with Gasteiger partial charge in [-0.1, -0.05) is 23.9 Å². The van der Waals surface area contributed by atoms with Crippen LogP contribution in [0.1, 0.15) is 0 Å². The van der Waals surface area contributed by atoms with Gasteiger partial charge in [0.05, 0.1) is 23.9 Å². The van der Waals surface area contributed by atoms with Crippen LogP contribution in [-0.4, -0.2) is 48.0 Å². The number of benzene rings is 2. The molecule has 0 spiro atoms. The molecule has 0 saturated heterocycles. The molecule has 2 N–H and O–H groups in total. The Morgan fingerprint density at radius 3 is 2.82 bits per heavy atom. The zero-order chi connectivity index (χ0) is 19.1. The van der Waals surface area contributed by atoms with Crippen molar-refractivity contribution in [3.05, 3.63) is 48.5 Å².